The fourth-order valence-electron chi connectivity index (χ4n) is 1.70. The Morgan fingerprint density at radius 3 is 2.24 bits per heavy atom. The molecule has 2 rings (SSSR count). The molecule has 2 aromatic rings. The number of halogens is 1. The maximum Gasteiger partial charge on any atom is 0.339 e. The Bertz CT molecular complexity index is 780. The summed E-state index contributed by atoms with van der Waals surface area (Å²) in [5.41, 5.74) is 1.43. The molecular formula is C15H13BrO4S. The fourth-order valence-corrected chi connectivity index (χ4v) is 3.32. The van der Waals surface area contributed by atoms with E-state index in [2.05, 4.69) is 15.9 Å². The number of hydrogen-bond donors (Lipinski definition) is 0. The molecule has 0 amide bonds. The lowest BCUT2D eigenvalue weighted by atomic mass is 10.2. The molecule has 110 valence electrons. The summed E-state index contributed by atoms with van der Waals surface area (Å²) >= 11 is 3.27. The van der Waals surface area contributed by atoms with Crippen molar-refractivity contribution in [1.82, 2.24) is 0 Å². The van der Waals surface area contributed by atoms with Gasteiger partial charge in [0, 0.05) is 5.56 Å². The molecule has 2 aromatic carbocycles. The summed E-state index contributed by atoms with van der Waals surface area (Å²) in [6.07, 6.45) is 0. The van der Waals surface area contributed by atoms with Gasteiger partial charge in [0.05, 0.1) is 4.47 Å². The Kier molecular flexibility index (Phi) is 4.49. The van der Waals surface area contributed by atoms with E-state index in [4.69, 9.17) is 4.18 Å². The van der Waals surface area contributed by atoms with Crippen LogP contribution in [-0.2, 0) is 10.1 Å². The van der Waals surface area contributed by atoms with Crippen molar-refractivity contribution in [3.05, 3.63) is 58.1 Å². The molecule has 0 radical (unpaired) electrons. The maximum atomic E-state index is 12.2. The predicted octanol–water partition coefficient (Wildman–Crippen LogP) is 3.73. The fraction of sp³-hybridized carbons (Fsp3) is 0.133. The Morgan fingerprint density at radius 2 is 1.71 bits per heavy atom. The average Bonchev–Trinajstić information content (AvgIpc) is 2.42. The summed E-state index contributed by atoms with van der Waals surface area (Å²) in [6.45, 7) is 3.31. The molecule has 0 saturated heterocycles. The number of Topliss-reactive ketones (excluding diaryl/α,β-unsaturated/α-hetero) is 1. The summed E-state index contributed by atoms with van der Waals surface area (Å²) in [6, 6.07) is 10.7. The van der Waals surface area contributed by atoms with E-state index < -0.39 is 10.1 Å². The first kappa shape index (κ1) is 15.7. The van der Waals surface area contributed by atoms with Crippen LogP contribution >= 0.6 is 15.9 Å². The Morgan fingerprint density at radius 1 is 1.10 bits per heavy atom. The molecule has 0 bridgehead atoms. The van der Waals surface area contributed by atoms with E-state index in [-0.39, 0.29) is 16.4 Å². The highest BCUT2D eigenvalue weighted by Gasteiger charge is 2.18. The molecule has 0 spiro atoms. The third-order valence-corrected chi connectivity index (χ3v) is 4.70. The van der Waals surface area contributed by atoms with Gasteiger partial charge in [0.25, 0.3) is 0 Å². The second-order valence-electron chi connectivity index (χ2n) is 4.55. The Labute approximate surface area is 132 Å². The van der Waals surface area contributed by atoms with E-state index in [1.807, 2.05) is 6.92 Å². The van der Waals surface area contributed by atoms with E-state index in [1.54, 1.807) is 18.2 Å². The van der Waals surface area contributed by atoms with Gasteiger partial charge in [-0.15, -0.1) is 0 Å². The Hall–Kier alpha value is -1.66. The van der Waals surface area contributed by atoms with Crippen LogP contribution in [0.3, 0.4) is 0 Å². The minimum atomic E-state index is -3.93. The molecule has 0 aliphatic rings. The minimum absolute atomic E-state index is 0.0000231. The summed E-state index contributed by atoms with van der Waals surface area (Å²) < 4.78 is 30.1. The zero-order valence-electron chi connectivity index (χ0n) is 11.5. The molecule has 0 fully saturated rings. The lowest BCUT2D eigenvalue weighted by Crippen LogP contribution is -2.10. The maximum absolute atomic E-state index is 12.2. The molecule has 4 nitrogen and oxygen atoms in total. The van der Waals surface area contributed by atoms with Crippen LogP contribution in [0.1, 0.15) is 22.8 Å². The van der Waals surface area contributed by atoms with Crippen molar-refractivity contribution < 1.29 is 17.4 Å². The smallest absolute Gasteiger partial charge is 0.339 e. The van der Waals surface area contributed by atoms with Crippen molar-refractivity contribution in [2.45, 2.75) is 18.7 Å². The highest BCUT2D eigenvalue weighted by atomic mass is 79.9. The Balaban J connectivity index is 2.31. The zero-order valence-corrected chi connectivity index (χ0v) is 13.9. The van der Waals surface area contributed by atoms with Crippen molar-refractivity contribution in [2.75, 3.05) is 0 Å². The standard InChI is InChI=1S/C15H13BrO4S/c1-10-3-8-15(14(16)9-10)20-21(18,19)13-6-4-12(5-7-13)11(2)17/h3-9H,1-2H3. The number of ketones is 1. The van der Waals surface area contributed by atoms with Gasteiger partial charge in [-0.25, -0.2) is 0 Å². The van der Waals surface area contributed by atoms with Crippen LogP contribution in [0.15, 0.2) is 51.8 Å². The molecule has 21 heavy (non-hydrogen) atoms. The number of rotatable bonds is 4. The molecule has 0 aliphatic carbocycles. The predicted molar refractivity (Wildman–Crippen MR) is 83.1 cm³/mol. The average molecular weight is 369 g/mol. The first-order chi connectivity index (χ1) is 9.79. The van der Waals surface area contributed by atoms with Crippen molar-refractivity contribution in [3.8, 4) is 5.75 Å². The van der Waals surface area contributed by atoms with Crippen LogP contribution in [0.5, 0.6) is 5.75 Å². The van der Waals surface area contributed by atoms with E-state index in [1.165, 1.54) is 31.2 Å². The molecular weight excluding hydrogens is 356 g/mol. The third-order valence-electron chi connectivity index (χ3n) is 2.84. The number of aryl methyl sites for hydroxylation is 1. The van der Waals surface area contributed by atoms with Crippen molar-refractivity contribution in [3.63, 3.8) is 0 Å². The van der Waals surface area contributed by atoms with Crippen molar-refractivity contribution in [1.29, 1.82) is 0 Å². The topological polar surface area (TPSA) is 60.4 Å². The SMILES string of the molecule is CC(=O)c1ccc(S(=O)(=O)Oc2ccc(C)cc2Br)cc1. The van der Waals surface area contributed by atoms with Gasteiger partial charge in [-0.1, -0.05) is 18.2 Å². The van der Waals surface area contributed by atoms with Gasteiger partial charge in [0.1, 0.15) is 4.90 Å². The molecule has 0 unspecified atom stereocenters. The van der Waals surface area contributed by atoms with Crippen LogP contribution in [0.25, 0.3) is 0 Å². The molecule has 6 heteroatoms. The number of carbonyl (C=O) groups is 1. The van der Waals surface area contributed by atoms with Gasteiger partial charge in [-0.05, 0) is 59.6 Å². The number of benzene rings is 2. The van der Waals surface area contributed by atoms with Crippen molar-refractivity contribution in [2.24, 2.45) is 0 Å². The quantitative estimate of drug-likeness (QED) is 0.609. The first-order valence-electron chi connectivity index (χ1n) is 6.11. The summed E-state index contributed by atoms with van der Waals surface area (Å²) in [7, 11) is -3.93. The second kappa shape index (κ2) is 5.99. The molecule has 0 atom stereocenters. The van der Waals surface area contributed by atoms with Gasteiger partial charge in [-0.3, -0.25) is 4.79 Å². The zero-order chi connectivity index (χ0) is 15.6. The van der Waals surface area contributed by atoms with Crippen LogP contribution in [0.2, 0.25) is 0 Å². The highest BCUT2D eigenvalue weighted by molar-refractivity contribution is 9.10. The summed E-state index contributed by atoms with van der Waals surface area (Å²) in [4.78, 5) is 11.2. The van der Waals surface area contributed by atoms with Crippen LogP contribution in [-0.4, -0.2) is 14.2 Å². The number of hydrogen-bond acceptors (Lipinski definition) is 4. The minimum Gasteiger partial charge on any atom is -0.378 e. The molecule has 0 N–H and O–H groups in total. The number of carbonyl (C=O) groups excluding carboxylic acids is 1. The lowest BCUT2D eigenvalue weighted by Gasteiger charge is -2.09. The molecule has 0 aromatic heterocycles. The lowest BCUT2D eigenvalue weighted by molar-refractivity contribution is 0.101. The van der Waals surface area contributed by atoms with Crippen LogP contribution < -0.4 is 4.18 Å². The summed E-state index contributed by atoms with van der Waals surface area (Å²) in [5.74, 6) is 0.0948. The van der Waals surface area contributed by atoms with Gasteiger partial charge in [0.15, 0.2) is 11.5 Å². The first-order valence-corrected chi connectivity index (χ1v) is 8.31. The van der Waals surface area contributed by atoms with E-state index in [9.17, 15) is 13.2 Å². The van der Waals surface area contributed by atoms with E-state index in [0.717, 1.165) is 5.56 Å². The monoisotopic (exact) mass is 368 g/mol. The van der Waals surface area contributed by atoms with Gasteiger partial charge in [0.2, 0.25) is 0 Å². The van der Waals surface area contributed by atoms with E-state index >= 15 is 0 Å². The normalized spacial score (nSPS) is 11.2. The second-order valence-corrected chi connectivity index (χ2v) is 6.95. The molecule has 0 saturated carbocycles. The highest BCUT2D eigenvalue weighted by Crippen LogP contribution is 2.28. The third kappa shape index (κ3) is 3.71. The van der Waals surface area contributed by atoms with Crippen molar-refractivity contribution >= 4 is 31.8 Å². The van der Waals surface area contributed by atoms with E-state index in [0.29, 0.717) is 10.0 Å². The van der Waals surface area contributed by atoms with Crippen LogP contribution in [0.4, 0.5) is 0 Å². The molecule has 0 aliphatic heterocycles. The van der Waals surface area contributed by atoms with Gasteiger partial charge in [-0.2, -0.15) is 8.42 Å². The molecule has 0 heterocycles. The van der Waals surface area contributed by atoms with Crippen LogP contribution in [0, 0.1) is 6.92 Å². The summed E-state index contributed by atoms with van der Waals surface area (Å²) in [5, 5.41) is 0. The largest absolute Gasteiger partial charge is 0.378 e. The van der Waals surface area contributed by atoms with Gasteiger partial charge >= 0.3 is 10.1 Å². The van der Waals surface area contributed by atoms with Gasteiger partial charge < -0.3 is 4.18 Å².